The van der Waals surface area contributed by atoms with Crippen LogP contribution in [-0.4, -0.2) is 37.2 Å². The zero-order valence-corrected chi connectivity index (χ0v) is 17.3. The molecule has 2 aromatic rings. The van der Waals surface area contributed by atoms with Gasteiger partial charge in [-0.2, -0.15) is 18.2 Å². The number of methoxy groups -OCH3 is 1. The lowest BCUT2D eigenvalue weighted by Gasteiger charge is -2.33. The molecule has 1 aromatic carbocycles. The van der Waals surface area contributed by atoms with Crippen molar-refractivity contribution in [1.29, 1.82) is 0 Å². The summed E-state index contributed by atoms with van der Waals surface area (Å²) in [5, 5.41) is 2.99. The number of piperidine rings is 1. The summed E-state index contributed by atoms with van der Waals surface area (Å²) in [5.74, 6) is 0.872. The molecule has 29 heavy (non-hydrogen) atoms. The molecule has 10 heteroatoms. The molecule has 1 aromatic heterocycles. The molecular weight excluding hydrogens is 403 g/mol. The minimum atomic E-state index is -4.52. The molecule has 1 unspecified atom stereocenters. The molecule has 3 rings (SSSR count). The van der Waals surface area contributed by atoms with Gasteiger partial charge in [0.25, 0.3) is 0 Å². The average molecular weight is 427 g/mol. The van der Waals surface area contributed by atoms with E-state index in [0.717, 1.165) is 23.9 Å². The molecule has 0 radical (unpaired) electrons. The summed E-state index contributed by atoms with van der Waals surface area (Å²) in [6.07, 6.45) is -1.83. The van der Waals surface area contributed by atoms with Gasteiger partial charge in [-0.3, -0.25) is 4.72 Å². The standard InChI is InChI=1S/C19H24F3N5OS/c1-12-5-4-8-27(11-12)17-14(19(20,21)22)10-24-18(26-17)25-15-7-6-13(29-23-2)9-16(15)28-3/h6-7,9-10,12,23H,4-5,8,11H2,1-3H3,(H,24,25,26). The lowest BCUT2D eigenvalue weighted by molar-refractivity contribution is -0.137. The number of hydrogen-bond acceptors (Lipinski definition) is 7. The fourth-order valence-electron chi connectivity index (χ4n) is 3.33. The van der Waals surface area contributed by atoms with Gasteiger partial charge in [0.1, 0.15) is 17.1 Å². The highest BCUT2D eigenvalue weighted by molar-refractivity contribution is 7.97. The molecule has 1 fully saturated rings. The summed E-state index contributed by atoms with van der Waals surface area (Å²) >= 11 is 1.43. The number of nitrogens with zero attached hydrogens (tertiary/aromatic N) is 3. The van der Waals surface area contributed by atoms with E-state index in [4.69, 9.17) is 4.74 Å². The van der Waals surface area contributed by atoms with Crippen molar-refractivity contribution < 1.29 is 17.9 Å². The van der Waals surface area contributed by atoms with E-state index in [1.54, 1.807) is 11.0 Å². The molecule has 0 aliphatic carbocycles. The molecule has 1 atom stereocenters. The van der Waals surface area contributed by atoms with Gasteiger partial charge in [0.2, 0.25) is 5.95 Å². The fourth-order valence-corrected chi connectivity index (χ4v) is 3.87. The maximum absolute atomic E-state index is 13.5. The van der Waals surface area contributed by atoms with Gasteiger partial charge in [-0.25, -0.2) is 4.98 Å². The Morgan fingerprint density at radius 1 is 1.31 bits per heavy atom. The van der Waals surface area contributed by atoms with Crippen molar-refractivity contribution in [3.63, 3.8) is 0 Å². The van der Waals surface area contributed by atoms with Crippen LogP contribution in [0.15, 0.2) is 29.3 Å². The summed E-state index contributed by atoms with van der Waals surface area (Å²) in [6, 6.07) is 5.46. The third-order valence-electron chi connectivity index (χ3n) is 4.67. The largest absolute Gasteiger partial charge is 0.495 e. The van der Waals surface area contributed by atoms with Crippen LogP contribution in [0.2, 0.25) is 0 Å². The average Bonchev–Trinajstić information content (AvgIpc) is 2.68. The van der Waals surface area contributed by atoms with E-state index in [2.05, 4.69) is 20.0 Å². The third-order valence-corrected chi connectivity index (χ3v) is 5.36. The van der Waals surface area contributed by atoms with Crippen LogP contribution in [0.5, 0.6) is 5.75 Å². The second kappa shape index (κ2) is 9.08. The Morgan fingerprint density at radius 3 is 2.76 bits per heavy atom. The van der Waals surface area contributed by atoms with Gasteiger partial charge in [-0.15, -0.1) is 0 Å². The highest BCUT2D eigenvalue weighted by Gasteiger charge is 2.37. The monoisotopic (exact) mass is 427 g/mol. The second-order valence-corrected chi connectivity index (χ2v) is 8.00. The lowest BCUT2D eigenvalue weighted by atomic mass is 10.00. The fraction of sp³-hybridized carbons (Fsp3) is 0.474. The molecule has 1 saturated heterocycles. The Hall–Kier alpha value is -2.20. The first kappa shape index (κ1) is 21.5. The molecule has 0 saturated carbocycles. The number of hydrogen-bond donors (Lipinski definition) is 2. The van der Waals surface area contributed by atoms with Gasteiger partial charge in [0.15, 0.2) is 0 Å². The number of nitrogens with one attached hydrogen (secondary N) is 2. The molecule has 2 heterocycles. The van der Waals surface area contributed by atoms with Gasteiger partial charge in [-0.05, 0) is 56.0 Å². The van der Waals surface area contributed by atoms with Crippen molar-refractivity contribution in [1.82, 2.24) is 14.7 Å². The molecule has 0 bridgehead atoms. The lowest BCUT2D eigenvalue weighted by Crippen LogP contribution is -2.36. The van der Waals surface area contributed by atoms with Gasteiger partial charge in [0.05, 0.1) is 12.8 Å². The van der Waals surface area contributed by atoms with Crippen molar-refractivity contribution in [3.8, 4) is 5.75 Å². The highest BCUT2D eigenvalue weighted by atomic mass is 32.2. The Bertz CT molecular complexity index is 849. The Kier molecular flexibility index (Phi) is 6.74. The van der Waals surface area contributed by atoms with E-state index in [0.29, 0.717) is 30.4 Å². The first-order valence-corrected chi connectivity index (χ1v) is 10.1. The van der Waals surface area contributed by atoms with Crippen LogP contribution in [0.4, 0.5) is 30.6 Å². The number of ether oxygens (including phenoxy) is 1. The quantitative estimate of drug-likeness (QED) is 0.648. The first-order chi connectivity index (χ1) is 13.8. The SMILES string of the molecule is CNSc1ccc(Nc2ncc(C(F)(F)F)c(N3CCCC(C)C3)n2)c(OC)c1. The van der Waals surface area contributed by atoms with Crippen LogP contribution >= 0.6 is 11.9 Å². The molecule has 158 valence electrons. The van der Waals surface area contributed by atoms with Gasteiger partial charge in [0, 0.05) is 24.2 Å². The van der Waals surface area contributed by atoms with Gasteiger partial charge < -0.3 is 15.0 Å². The van der Waals surface area contributed by atoms with Crippen LogP contribution in [0, 0.1) is 5.92 Å². The summed E-state index contributed by atoms with van der Waals surface area (Å²) in [5.41, 5.74) is -0.240. The van der Waals surface area contributed by atoms with E-state index in [1.165, 1.54) is 19.1 Å². The third kappa shape index (κ3) is 5.24. The molecule has 0 amide bonds. The van der Waals surface area contributed by atoms with Crippen molar-refractivity contribution in [3.05, 3.63) is 30.0 Å². The maximum atomic E-state index is 13.5. The minimum Gasteiger partial charge on any atom is -0.495 e. The van der Waals surface area contributed by atoms with Gasteiger partial charge >= 0.3 is 6.18 Å². The van der Waals surface area contributed by atoms with Crippen LogP contribution < -0.4 is 19.7 Å². The number of benzene rings is 1. The van der Waals surface area contributed by atoms with Crippen molar-refractivity contribution in [2.75, 3.05) is 37.5 Å². The van der Waals surface area contributed by atoms with E-state index in [1.807, 2.05) is 26.1 Å². The van der Waals surface area contributed by atoms with E-state index in [9.17, 15) is 13.2 Å². The maximum Gasteiger partial charge on any atom is 0.421 e. The molecule has 1 aliphatic heterocycles. The molecular formula is C19H24F3N5OS. The van der Waals surface area contributed by atoms with Crippen LogP contribution in [0.3, 0.4) is 0 Å². The number of aromatic nitrogens is 2. The smallest absolute Gasteiger partial charge is 0.421 e. The number of rotatable bonds is 6. The molecule has 2 N–H and O–H groups in total. The van der Waals surface area contributed by atoms with Crippen molar-refractivity contribution in [2.24, 2.45) is 5.92 Å². The molecule has 1 aliphatic rings. The highest BCUT2D eigenvalue weighted by Crippen LogP contribution is 2.38. The first-order valence-electron chi connectivity index (χ1n) is 9.29. The Labute approximate surface area is 172 Å². The number of anilines is 3. The summed E-state index contributed by atoms with van der Waals surface area (Å²) in [7, 11) is 3.34. The van der Waals surface area contributed by atoms with Crippen LogP contribution in [-0.2, 0) is 6.18 Å². The van der Waals surface area contributed by atoms with Crippen LogP contribution in [0.25, 0.3) is 0 Å². The predicted octanol–water partition coefficient (Wildman–Crippen LogP) is 4.71. The summed E-state index contributed by atoms with van der Waals surface area (Å²) < 4.78 is 49.0. The second-order valence-electron chi connectivity index (χ2n) is 6.92. The van der Waals surface area contributed by atoms with E-state index >= 15 is 0 Å². The molecule has 0 spiro atoms. The van der Waals surface area contributed by atoms with Crippen molar-refractivity contribution >= 4 is 29.4 Å². The normalized spacial score (nSPS) is 17.3. The number of alkyl halides is 3. The Balaban J connectivity index is 1.93. The predicted molar refractivity (Wildman–Crippen MR) is 109 cm³/mol. The Morgan fingerprint density at radius 2 is 2.10 bits per heavy atom. The topological polar surface area (TPSA) is 62.3 Å². The summed E-state index contributed by atoms with van der Waals surface area (Å²) in [6.45, 7) is 3.12. The zero-order valence-electron chi connectivity index (χ0n) is 16.5. The van der Waals surface area contributed by atoms with Gasteiger partial charge in [-0.1, -0.05) is 6.92 Å². The van der Waals surface area contributed by atoms with Crippen LogP contribution in [0.1, 0.15) is 25.3 Å². The zero-order chi connectivity index (χ0) is 21.0. The number of halogens is 3. The van der Waals surface area contributed by atoms with E-state index in [-0.39, 0.29) is 11.8 Å². The summed E-state index contributed by atoms with van der Waals surface area (Å²) in [4.78, 5) is 10.8. The van der Waals surface area contributed by atoms with E-state index < -0.39 is 11.7 Å². The minimum absolute atomic E-state index is 0.0807. The van der Waals surface area contributed by atoms with Crippen molar-refractivity contribution in [2.45, 2.75) is 30.8 Å². The molecule has 6 nitrogen and oxygen atoms in total.